The molecule has 0 aliphatic carbocycles. The number of hydrogen-bond acceptors (Lipinski definition) is 2. The van der Waals surface area contributed by atoms with Crippen LogP contribution in [0.4, 0.5) is 11.4 Å². The van der Waals surface area contributed by atoms with Crippen LogP contribution in [0.25, 0.3) is 0 Å². The molecule has 1 N–H and O–H groups in total. The Morgan fingerprint density at radius 2 is 1.62 bits per heavy atom. The smallest absolute Gasteiger partial charge is 0.0470 e. The standard InChI is InChI=1S/C17H20Cl2N2/c1-3-21(4-2)16-9-7-15(8-10-16)20-12-13-5-6-14(18)11-17(13)19/h5-11,20H,3-4,12H2,1-2H3. The first kappa shape index (κ1) is 16.0. The molecule has 2 rings (SSSR count). The zero-order valence-corrected chi connectivity index (χ0v) is 13.9. The van der Waals surface area contributed by atoms with Gasteiger partial charge in [0.15, 0.2) is 0 Å². The van der Waals surface area contributed by atoms with Crippen molar-refractivity contribution in [3.8, 4) is 0 Å². The van der Waals surface area contributed by atoms with Gasteiger partial charge in [0.2, 0.25) is 0 Å². The molecule has 2 nitrogen and oxygen atoms in total. The molecular weight excluding hydrogens is 303 g/mol. The lowest BCUT2D eigenvalue weighted by atomic mass is 10.2. The predicted octanol–water partition coefficient (Wildman–Crippen LogP) is 5.45. The van der Waals surface area contributed by atoms with E-state index in [1.165, 1.54) is 5.69 Å². The molecule has 0 saturated carbocycles. The summed E-state index contributed by atoms with van der Waals surface area (Å²) in [7, 11) is 0. The van der Waals surface area contributed by atoms with E-state index in [9.17, 15) is 0 Å². The van der Waals surface area contributed by atoms with Gasteiger partial charge < -0.3 is 10.2 Å². The van der Waals surface area contributed by atoms with E-state index in [0.717, 1.165) is 24.3 Å². The van der Waals surface area contributed by atoms with Crippen molar-refractivity contribution in [3.63, 3.8) is 0 Å². The molecule has 0 bridgehead atoms. The molecule has 4 heteroatoms. The van der Waals surface area contributed by atoms with Crippen LogP contribution in [0.5, 0.6) is 0 Å². The summed E-state index contributed by atoms with van der Waals surface area (Å²) in [5, 5.41) is 4.73. The molecule has 0 radical (unpaired) electrons. The number of benzene rings is 2. The molecular formula is C17H20Cl2N2. The molecule has 0 fully saturated rings. The monoisotopic (exact) mass is 322 g/mol. The first-order chi connectivity index (χ1) is 10.1. The van der Waals surface area contributed by atoms with Gasteiger partial charge >= 0.3 is 0 Å². The molecule has 0 atom stereocenters. The molecule has 0 aliphatic heterocycles. The Morgan fingerprint density at radius 3 is 2.19 bits per heavy atom. The molecule has 2 aromatic carbocycles. The molecule has 0 aliphatic rings. The molecule has 0 unspecified atom stereocenters. The molecule has 0 amide bonds. The van der Waals surface area contributed by atoms with E-state index < -0.39 is 0 Å². The van der Waals surface area contributed by atoms with Gasteiger partial charge in [0.25, 0.3) is 0 Å². The normalized spacial score (nSPS) is 10.5. The number of rotatable bonds is 6. The van der Waals surface area contributed by atoms with Crippen LogP contribution < -0.4 is 10.2 Å². The summed E-state index contributed by atoms with van der Waals surface area (Å²) in [6, 6.07) is 14.0. The minimum absolute atomic E-state index is 0.660. The van der Waals surface area contributed by atoms with Gasteiger partial charge in [-0.2, -0.15) is 0 Å². The van der Waals surface area contributed by atoms with Crippen molar-refractivity contribution >= 4 is 34.6 Å². The second-order valence-electron chi connectivity index (χ2n) is 4.81. The van der Waals surface area contributed by atoms with Crippen molar-refractivity contribution in [2.75, 3.05) is 23.3 Å². The van der Waals surface area contributed by atoms with Gasteiger partial charge in [-0.25, -0.2) is 0 Å². The van der Waals surface area contributed by atoms with Gasteiger partial charge in [-0.3, -0.25) is 0 Å². The Morgan fingerprint density at radius 1 is 0.952 bits per heavy atom. The van der Waals surface area contributed by atoms with Crippen LogP contribution in [0.1, 0.15) is 19.4 Å². The van der Waals surface area contributed by atoms with Crippen molar-refractivity contribution in [2.24, 2.45) is 0 Å². The fourth-order valence-electron chi connectivity index (χ4n) is 2.24. The first-order valence-electron chi connectivity index (χ1n) is 7.16. The average Bonchev–Trinajstić information content (AvgIpc) is 2.49. The zero-order chi connectivity index (χ0) is 15.2. The van der Waals surface area contributed by atoms with Crippen LogP contribution in [-0.2, 0) is 6.54 Å². The summed E-state index contributed by atoms with van der Waals surface area (Å²) < 4.78 is 0. The van der Waals surface area contributed by atoms with Crippen molar-refractivity contribution in [1.29, 1.82) is 0 Å². The van der Waals surface area contributed by atoms with E-state index in [-0.39, 0.29) is 0 Å². The minimum atomic E-state index is 0.660. The fourth-order valence-corrected chi connectivity index (χ4v) is 2.72. The van der Waals surface area contributed by atoms with Crippen molar-refractivity contribution in [2.45, 2.75) is 20.4 Å². The Balaban J connectivity index is 2.00. The maximum atomic E-state index is 6.17. The highest BCUT2D eigenvalue weighted by molar-refractivity contribution is 6.35. The number of halogens is 2. The zero-order valence-electron chi connectivity index (χ0n) is 12.4. The molecule has 2 aromatic rings. The number of hydrogen-bond donors (Lipinski definition) is 1. The van der Waals surface area contributed by atoms with Crippen molar-refractivity contribution in [1.82, 2.24) is 0 Å². The van der Waals surface area contributed by atoms with Crippen LogP contribution >= 0.6 is 23.2 Å². The third kappa shape index (κ3) is 4.29. The third-order valence-electron chi connectivity index (χ3n) is 3.49. The largest absolute Gasteiger partial charge is 0.381 e. The summed E-state index contributed by atoms with van der Waals surface area (Å²) in [5.74, 6) is 0. The van der Waals surface area contributed by atoms with Gasteiger partial charge in [0.05, 0.1) is 0 Å². The molecule has 0 aromatic heterocycles. The van der Waals surface area contributed by atoms with Crippen LogP contribution in [0.2, 0.25) is 10.0 Å². The molecule has 0 heterocycles. The summed E-state index contributed by atoms with van der Waals surface area (Å²) in [4.78, 5) is 2.32. The van der Waals surface area contributed by atoms with E-state index in [1.807, 2.05) is 12.1 Å². The summed E-state index contributed by atoms with van der Waals surface area (Å²) in [5.41, 5.74) is 3.36. The van der Waals surface area contributed by atoms with Crippen LogP contribution in [-0.4, -0.2) is 13.1 Å². The highest BCUT2D eigenvalue weighted by atomic mass is 35.5. The maximum absolute atomic E-state index is 6.17. The lowest BCUT2D eigenvalue weighted by Gasteiger charge is -2.21. The van der Waals surface area contributed by atoms with E-state index >= 15 is 0 Å². The highest BCUT2D eigenvalue weighted by Crippen LogP contribution is 2.23. The van der Waals surface area contributed by atoms with Crippen molar-refractivity contribution in [3.05, 3.63) is 58.1 Å². The summed E-state index contributed by atoms with van der Waals surface area (Å²) >= 11 is 12.1. The Labute approximate surface area is 136 Å². The second-order valence-corrected chi connectivity index (χ2v) is 5.65. The lowest BCUT2D eigenvalue weighted by molar-refractivity contribution is 0.866. The average molecular weight is 323 g/mol. The highest BCUT2D eigenvalue weighted by Gasteiger charge is 2.03. The molecule has 0 saturated heterocycles. The summed E-state index contributed by atoms with van der Waals surface area (Å²) in [6.45, 7) is 7.05. The Kier molecular flexibility index (Phi) is 5.77. The number of nitrogens with zero attached hydrogens (tertiary/aromatic N) is 1. The number of anilines is 2. The molecule has 21 heavy (non-hydrogen) atoms. The SMILES string of the molecule is CCN(CC)c1ccc(NCc2ccc(Cl)cc2Cl)cc1. The predicted molar refractivity (Wildman–Crippen MR) is 93.8 cm³/mol. The maximum Gasteiger partial charge on any atom is 0.0470 e. The van der Waals surface area contributed by atoms with Crippen molar-refractivity contribution < 1.29 is 0 Å². The quantitative estimate of drug-likeness (QED) is 0.760. The van der Waals surface area contributed by atoms with Gasteiger partial charge in [0, 0.05) is 41.1 Å². The number of nitrogens with one attached hydrogen (secondary N) is 1. The van der Waals surface area contributed by atoms with Crippen LogP contribution in [0, 0.1) is 0 Å². The van der Waals surface area contributed by atoms with E-state index in [2.05, 4.69) is 48.3 Å². The topological polar surface area (TPSA) is 15.3 Å². The molecule has 0 spiro atoms. The van der Waals surface area contributed by atoms with Gasteiger partial charge in [-0.05, 0) is 55.8 Å². The van der Waals surface area contributed by atoms with Crippen LogP contribution in [0.15, 0.2) is 42.5 Å². The first-order valence-corrected chi connectivity index (χ1v) is 7.92. The van der Waals surface area contributed by atoms with Gasteiger partial charge in [-0.1, -0.05) is 29.3 Å². The fraction of sp³-hybridized carbons (Fsp3) is 0.294. The summed E-state index contributed by atoms with van der Waals surface area (Å²) in [6.07, 6.45) is 0. The van der Waals surface area contributed by atoms with Crippen LogP contribution in [0.3, 0.4) is 0 Å². The minimum Gasteiger partial charge on any atom is -0.381 e. The van der Waals surface area contributed by atoms with E-state index in [1.54, 1.807) is 6.07 Å². The van der Waals surface area contributed by atoms with E-state index in [4.69, 9.17) is 23.2 Å². The Hall–Kier alpha value is -1.38. The Bertz CT molecular complexity index is 578. The van der Waals surface area contributed by atoms with Gasteiger partial charge in [0.1, 0.15) is 0 Å². The molecule has 112 valence electrons. The lowest BCUT2D eigenvalue weighted by Crippen LogP contribution is -2.21. The second kappa shape index (κ2) is 7.58. The third-order valence-corrected chi connectivity index (χ3v) is 4.08. The van der Waals surface area contributed by atoms with Gasteiger partial charge in [-0.15, -0.1) is 0 Å². The van der Waals surface area contributed by atoms with E-state index in [0.29, 0.717) is 16.6 Å².